The second kappa shape index (κ2) is 5.66. The number of halogens is 2. The van der Waals surface area contributed by atoms with Crippen LogP contribution in [0.15, 0.2) is 18.2 Å². The van der Waals surface area contributed by atoms with Crippen molar-refractivity contribution in [2.24, 2.45) is 0 Å². The summed E-state index contributed by atoms with van der Waals surface area (Å²) in [5.74, 6) is -1.40. The first kappa shape index (κ1) is 13.3. The summed E-state index contributed by atoms with van der Waals surface area (Å²) in [7, 11) is 0. The fourth-order valence-corrected chi connectivity index (χ4v) is 1.52. The topological polar surface area (TPSA) is 79.9 Å². The highest BCUT2D eigenvalue weighted by molar-refractivity contribution is 6.31. The minimum absolute atomic E-state index is 0.0628. The van der Waals surface area contributed by atoms with Crippen LogP contribution in [-0.4, -0.2) is 27.7 Å². The quantitative estimate of drug-likeness (QED) is 0.902. The van der Waals surface area contributed by atoms with Gasteiger partial charge in [0.05, 0.1) is 17.2 Å². The number of nitrogens with zero attached hydrogens (tertiary/aromatic N) is 2. The summed E-state index contributed by atoms with van der Waals surface area (Å²) in [4.78, 5) is 15.7. The highest BCUT2D eigenvalue weighted by Crippen LogP contribution is 2.18. The second-order valence-corrected chi connectivity index (χ2v) is 3.86. The minimum Gasteiger partial charge on any atom is -0.463 e. The van der Waals surface area contributed by atoms with Gasteiger partial charge in [-0.05, 0) is 19.1 Å². The largest absolute Gasteiger partial charge is 0.463 e. The maximum Gasteiger partial charge on any atom is 0.337 e. The van der Waals surface area contributed by atoms with Crippen molar-refractivity contribution in [2.75, 3.05) is 11.9 Å². The van der Waals surface area contributed by atoms with E-state index in [1.54, 1.807) is 6.92 Å². The minimum atomic E-state index is -0.786. The lowest BCUT2D eigenvalue weighted by Crippen LogP contribution is -2.14. The maximum atomic E-state index is 13.6. The van der Waals surface area contributed by atoms with Gasteiger partial charge in [0.1, 0.15) is 0 Å². The lowest BCUT2D eigenvalue weighted by Gasteiger charge is -2.03. The van der Waals surface area contributed by atoms with Crippen LogP contribution in [0.25, 0.3) is 0 Å². The van der Waals surface area contributed by atoms with E-state index in [1.807, 2.05) is 0 Å². The summed E-state index contributed by atoms with van der Waals surface area (Å²) in [5.41, 5.74) is -0.179. The Morgan fingerprint density at radius 3 is 3.11 bits per heavy atom. The molecule has 0 fully saturated rings. The number of rotatable bonds is 4. The number of benzene rings is 1. The van der Waals surface area contributed by atoms with Crippen LogP contribution in [0.4, 0.5) is 10.3 Å². The van der Waals surface area contributed by atoms with E-state index in [-0.39, 0.29) is 22.5 Å². The molecular formula is C11H10ClFN4O2. The van der Waals surface area contributed by atoms with E-state index >= 15 is 0 Å². The van der Waals surface area contributed by atoms with Gasteiger partial charge < -0.3 is 4.74 Å². The molecule has 100 valence electrons. The van der Waals surface area contributed by atoms with Crippen molar-refractivity contribution in [3.63, 3.8) is 0 Å². The monoisotopic (exact) mass is 284 g/mol. The molecule has 0 aliphatic carbocycles. The highest BCUT2D eigenvalue weighted by atomic mass is 35.5. The summed E-state index contributed by atoms with van der Waals surface area (Å²) in [6, 6.07) is 4.25. The zero-order valence-electron chi connectivity index (χ0n) is 9.91. The standard InChI is InChI=1S/C11H10ClFN4O2/c1-2-19-11-15-10(16-17-11)14-9(18)6-4-3-5-7(12)8(6)13/h3-5H,2H2,1H3,(H2,14,15,16,17,18). The van der Waals surface area contributed by atoms with Crippen molar-refractivity contribution >= 4 is 23.5 Å². The van der Waals surface area contributed by atoms with Gasteiger partial charge in [-0.3, -0.25) is 10.1 Å². The molecule has 2 aromatic rings. The molecule has 19 heavy (non-hydrogen) atoms. The van der Waals surface area contributed by atoms with Crippen LogP contribution in [0.5, 0.6) is 6.01 Å². The van der Waals surface area contributed by atoms with E-state index in [1.165, 1.54) is 18.2 Å². The molecule has 0 unspecified atom stereocenters. The van der Waals surface area contributed by atoms with E-state index in [0.717, 1.165) is 0 Å². The molecule has 0 spiro atoms. The Balaban J connectivity index is 2.14. The average Bonchev–Trinajstić information content (AvgIpc) is 2.80. The summed E-state index contributed by atoms with van der Waals surface area (Å²) in [6.07, 6.45) is 0. The molecule has 0 radical (unpaired) electrons. The van der Waals surface area contributed by atoms with Crippen LogP contribution < -0.4 is 10.1 Å². The Morgan fingerprint density at radius 1 is 1.58 bits per heavy atom. The summed E-state index contributed by atoms with van der Waals surface area (Å²) >= 11 is 5.60. The van der Waals surface area contributed by atoms with Gasteiger partial charge in [0.25, 0.3) is 5.91 Å². The molecule has 0 saturated carbocycles. The maximum absolute atomic E-state index is 13.6. The molecular weight excluding hydrogens is 275 g/mol. The lowest BCUT2D eigenvalue weighted by atomic mass is 10.2. The first-order chi connectivity index (χ1) is 9.11. The molecule has 1 amide bonds. The predicted octanol–water partition coefficient (Wildman–Crippen LogP) is 2.25. The lowest BCUT2D eigenvalue weighted by molar-refractivity contribution is 0.102. The number of nitrogens with one attached hydrogen (secondary N) is 2. The molecule has 2 N–H and O–H groups in total. The van der Waals surface area contributed by atoms with Crippen molar-refractivity contribution in [1.29, 1.82) is 0 Å². The molecule has 1 aromatic carbocycles. The van der Waals surface area contributed by atoms with E-state index in [9.17, 15) is 9.18 Å². The molecule has 1 aromatic heterocycles. The third-order valence-electron chi connectivity index (χ3n) is 2.17. The molecule has 0 saturated heterocycles. The van der Waals surface area contributed by atoms with Gasteiger partial charge in [-0.2, -0.15) is 4.98 Å². The number of aromatic nitrogens is 3. The number of ether oxygens (including phenoxy) is 1. The SMILES string of the molecule is CCOc1n[nH]c(NC(=O)c2cccc(Cl)c2F)n1. The van der Waals surface area contributed by atoms with E-state index < -0.39 is 11.7 Å². The van der Waals surface area contributed by atoms with Crippen LogP contribution in [-0.2, 0) is 0 Å². The molecule has 0 atom stereocenters. The molecule has 8 heteroatoms. The number of amides is 1. The summed E-state index contributed by atoms with van der Waals surface area (Å²) in [6.45, 7) is 2.17. The number of aromatic amines is 1. The van der Waals surface area contributed by atoms with E-state index in [2.05, 4.69) is 20.5 Å². The zero-order chi connectivity index (χ0) is 13.8. The van der Waals surface area contributed by atoms with Gasteiger partial charge in [-0.15, -0.1) is 5.10 Å². The molecule has 0 aliphatic heterocycles. The van der Waals surface area contributed by atoms with Gasteiger partial charge in [-0.1, -0.05) is 17.7 Å². The average molecular weight is 285 g/mol. The van der Waals surface area contributed by atoms with Crippen LogP contribution in [0.3, 0.4) is 0 Å². The summed E-state index contributed by atoms with van der Waals surface area (Å²) < 4.78 is 18.6. The number of H-pyrrole nitrogens is 1. The molecule has 2 rings (SSSR count). The Labute approximate surface area is 112 Å². The Kier molecular flexibility index (Phi) is 3.96. The number of hydrogen-bond donors (Lipinski definition) is 2. The molecule has 0 bridgehead atoms. The predicted molar refractivity (Wildman–Crippen MR) is 66.9 cm³/mol. The van der Waals surface area contributed by atoms with Gasteiger partial charge in [-0.25, -0.2) is 9.49 Å². The third-order valence-corrected chi connectivity index (χ3v) is 2.46. The van der Waals surface area contributed by atoms with E-state index in [4.69, 9.17) is 16.3 Å². The Bertz CT molecular complexity index is 602. The van der Waals surface area contributed by atoms with Crippen LogP contribution in [0.1, 0.15) is 17.3 Å². The fourth-order valence-electron chi connectivity index (χ4n) is 1.35. The number of carbonyl (C=O) groups is 1. The van der Waals surface area contributed by atoms with Gasteiger partial charge in [0.15, 0.2) is 5.82 Å². The molecule has 0 aliphatic rings. The van der Waals surface area contributed by atoms with E-state index in [0.29, 0.717) is 6.61 Å². The first-order valence-electron chi connectivity index (χ1n) is 5.42. The van der Waals surface area contributed by atoms with Crippen molar-refractivity contribution in [2.45, 2.75) is 6.92 Å². The van der Waals surface area contributed by atoms with Crippen molar-refractivity contribution < 1.29 is 13.9 Å². The zero-order valence-corrected chi connectivity index (χ0v) is 10.7. The van der Waals surface area contributed by atoms with Crippen LogP contribution in [0, 0.1) is 5.82 Å². The fraction of sp³-hybridized carbons (Fsp3) is 0.182. The van der Waals surface area contributed by atoms with Crippen molar-refractivity contribution in [1.82, 2.24) is 15.2 Å². The smallest absolute Gasteiger partial charge is 0.337 e. The van der Waals surface area contributed by atoms with Crippen LogP contribution in [0.2, 0.25) is 5.02 Å². The normalized spacial score (nSPS) is 10.3. The van der Waals surface area contributed by atoms with Gasteiger partial charge in [0.2, 0.25) is 5.95 Å². The Hall–Kier alpha value is -2.15. The third kappa shape index (κ3) is 3.00. The highest BCUT2D eigenvalue weighted by Gasteiger charge is 2.15. The number of carbonyl (C=O) groups excluding carboxylic acids is 1. The first-order valence-corrected chi connectivity index (χ1v) is 5.80. The van der Waals surface area contributed by atoms with Crippen molar-refractivity contribution in [3.05, 3.63) is 34.6 Å². The number of anilines is 1. The summed E-state index contributed by atoms with van der Waals surface area (Å²) in [5, 5.41) is 8.39. The molecule has 6 nitrogen and oxygen atoms in total. The molecule has 1 heterocycles. The van der Waals surface area contributed by atoms with Crippen molar-refractivity contribution in [3.8, 4) is 6.01 Å². The van der Waals surface area contributed by atoms with Gasteiger partial charge >= 0.3 is 6.01 Å². The van der Waals surface area contributed by atoms with Gasteiger partial charge in [0, 0.05) is 0 Å². The number of hydrogen-bond acceptors (Lipinski definition) is 4. The Morgan fingerprint density at radius 2 is 2.37 bits per heavy atom. The van der Waals surface area contributed by atoms with Crippen LogP contribution >= 0.6 is 11.6 Å². The second-order valence-electron chi connectivity index (χ2n) is 3.46.